The lowest BCUT2D eigenvalue weighted by Gasteiger charge is -2.20. The largest absolute Gasteiger partial charge is 0.478 e. The first-order valence-electron chi connectivity index (χ1n) is 6.25. The van der Waals surface area contributed by atoms with Crippen molar-refractivity contribution in [1.29, 1.82) is 5.26 Å². The van der Waals surface area contributed by atoms with Crippen LogP contribution in [0.3, 0.4) is 0 Å². The number of nitriles is 1. The van der Waals surface area contributed by atoms with Crippen molar-refractivity contribution in [2.75, 3.05) is 5.32 Å². The second-order valence-corrected chi connectivity index (χ2v) is 5.40. The number of nitrogens with one attached hydrogen (secondary N) is 2. The molecule has 110 valence electrons. The molecule has 0 saturated heterocycles. The van der Waals surface area contributed by atoms with E-state index in [1.165, 1.54) is 18.3 Å². The number of carbonyl (C=O) groups is 2. The summed E-state index contributed by atoms with van der Waals surface area (Å²) in [6.07, 6.45) is 1.25. The van der Waals surface area contributed by atoms with Gasteiger partial charge < -0.3 is 15.7 Å². The molecule has 6 heteroatoms. The Hall–Kier alpha value is -2.81. The van der Waals surface area contributed by atoms with E-state index in [4.69, 9.17) is 10.4 Å². The summed E-state index contributed by atoms with van der Waals surface area (Å²) in [5.74, 6) is -1.54. The molecule has 0 atom stereocenters. The van der Waals surface area contributed by atoms with Gasteiger partial charge in [-0.2, -0.15) is 5.26 Å². The van der Waals surface area contributed by atoms with Crippen molar-refractivity contribution in [1.82, 2.24) is 5.32 Å². The van der Waals surface area contributed by atoms with Crippen LogP contribution >= 0.6 is 0 Å². The maximum atomic E-state index is 11.9. The summed E-state index contributed by atoms with van der Waals surface area (Å²) in [6, 6.07) is 7.88. The van der Waals surface area contributed by atoms with Gasteiger partial charge in [-0.25, -0.2) is 4.79 Å². The van der Waals surface area contributed by atoms with Gasteiger partial charge >= 0.3 is 5.97 Å². The number of amides is 1. The molecule has 0 aromatic heterocycles. The molecule has 0 fully saturated rings. The number of aromatic carboxylic acids is 1. The smallest absolute Gasteiger partial charge is 0.335 e. The van der Waals surface area contributed by atoms with Crippen LogP contribution in [-0.2, 0) is 4.79 Å². The highest BCUT2D eigenvalue weighted by Gasteiger charge is 2.17. The van der Waals surface area contributed by atoms with Crippen molar-refractivity contribution in [3.63, 3.8) is 0 Å². The van der Waals surface area contributed by atoms with Gasteiger partial charge in [0, 0.05) is 17.4 Å². The summed E-state index contributed by atoms with van der Waals surface area (Å²) in [6.45, 7) is 5.43. The predicted octanol–water partition coefficient (Wildman–Crippen LogP) is 2.12. The van der Waals surface area contributed by atoms with E-state index in [0.29, 0.717) is 5.69 Å². The quantitative estimate of drug-likeness (QED) is 0.581. The van der Waals surface area contributed by atoms with Crippen LogP contribution in [0.5, 0.6) is 0 Å². The molecule has 0 aliphatic heterocycles. The SMILES string of the molecule is CC(C)(C)NC(=O)/C(C#N)=C\Nc1cccc(C(=O)O)c1. The molecule has 1 rings (SSSR count). The zero-order valence-electron chi connectivity index (χ0n) is 12.1. The monoisotopic (exact) mass is 287 g/mol. The first kappa shape index (κ1) is 16.2. The third-order valence-corrected chi connectivity index (χ3v) is 2.35. The normalized spacial score (nSPS) is 11.4. The standard InChI is InChI=1S/C15H17N3O3/c1-15(2,3)18-13(19)11(8-16)9-17-12-6-4-5-10(7-12)14(20)21/h4-7,9,17H,1-3H3,(H,18,19)(H,20,21)/b11-9-. The number of carboxylic acids is 1. The van der Waals surface area contributed by atoms with Crippen molar-refractivity contribution in [2.24, 2.45) is 0 Å². The highest BCUT2D eigenvalue weighted by molar-refractivity contribution is 5.98. The van der Waals surface area contributed by atoms with Gasteiger partial charge in [-0.15, -0.1) is 0 Å². The fraction of sp³-hybridized carbons (Fsp3) is 0.267. The molecule has 0 saturated carbocycles. The van der Waals surface area contributed by atoms with Crippen molar-refractivity contribution in [3.05, 3.63) is 41.6 Å². The molecule has 1 amide bonds. The number of hydrogen-bond acceptors (Lipinski definition) is 4. The van der Waals surface area contributed by atoms with Crippen LogP contribution in [0.1, 0.15) is 31.1 Å². The summed E-state index contributed by atoms with van der Waals surface area (Å²) in [4.78, 5) is 22.7. The van der Waals surface area contributed by atoms with Crippen LogP contribution in [0.25, 0.3) is 0 Å². The molecule has 0 aliphatic rings. The number of anilines is 1. The molecular weight excluding hydrogens is 270 g/mol. The van der Waals surface area contributed by atoms with Gasteiger partial charge in [0.2, 0.25) is 0 Å². The van der Waals surface area contributed by atoms with Gasteiger partial charge in [0.05, 0.1) is 5.56 Å². The van der Waals surface area contributed by atoms with Gasteiger partial charge in [0.15, 0.2) is 0 Å². The highest BCUT2D eigenvalue weighted by Crippen LogP contribution is 2.11. The molecule has 0 radical (unpaired) electrons. The molecule has 21 heavy (non-hydrogen) atoms. The molecule has 1 aromatic rings. The van der Waals surface area contributed by atoms with Crippen LogP contribution in [0.15, 0.2) is 36.0 Å². The molecule has 0 unspecified atom stereocenters. The first-order valence-corrected chi connectivity index (χ1v) is 6.25. The van der Waals surface area contributed by atoms with Crippen LogP contribution in [0, 0.1) is 11.3 Å². The lowest BCUT2D eigenvalue weighted by molar-refractivity contribution is -0.118. The lowest BCUT2D eigenvalue weighted by Crippen LogP contribution is -2.41. The van der Waals surface area contributed by atoms with E-state index in [2.05, 4.69) is 10.6 Å². The van der Waals surface area contributed by atoms with Crippen LogP contribution in [0.2, 0.25) is 0 Å². The summed E-state index contributed by atoms with van der Waals surface area (Å²) in [7, 11) is 0. The minimum absolute atomic E-state index is 0.0920. The number of nitrogens with zero attached hydrogens (tertiary/aromatic N) is 1. The second kappa shape index (κ2) is 6.57. The number of rotatable bonds is 4. The molecular formula is C15H17N3O3. The highest BCUT2D eigenvalue weighted by atomic mass is 16.4. The summed E-state index contributed by atoms with van der Waals surface area (Å²) >= 11 is 0. The molecule has 3 N–H and O–H groups in total. The van der Waals surface area contributed by atoms with E-state index in [9.17, 15) is 9.59 Å². The first-order chi connectivity index (χ1) is 9.73. The fourth-order valence-electron chi connectivity index (χ4n) is 1.45. The third-order valence-electron chi connectivity index (χ3n) is 2.35. The Morgan fingerprint density at radius 3 is 2.52 bits per heavy atom. The van der Waals surface area contributed by atoms with Crippen LogP contribution in [0.4, 0.5) is 5.69 Å². The zero-order chi connectivity index (χ0) is 16.0. The minimum Gasteiger partial charge on any atom is -0.478 e. The number of hydrogen-bond donors (Lipinski definition) is 3. The average molecular weight is 287 g/mol. The van der Waals surface area contributed by atoms with E-state index < -0.39 is 17.4 Å². The molecule has 6 nitrogen and oxygen atoms in total. The second-order valence-electron chi connectivity index (χ2n) is 5.40. The third kappa shape index (κ3) is 5.37. The molecule has 0 bridgehead atoms. The zero-order valence-corrected chi connectivity index (χ0v) is 12.1. The number of carbonyl (C=O) groups excluding carboxylic acids is 1. The summed E-state index contributed by atoms with van der Waals surface area (Å²) < 4.78 is 0. The number of benzene rings is 1. The Kier molecular flexibility index (Phi) is 5.08. The Labute approximate surface area is 123 Å². The van der Waals surface area contributed by atoms with E-state index >= 15 is 0 Å². The topological polar surface area (TPSA) is 102 Å². The van der Waals surface area contributed by atoms with Crippen molar-refractivity contribution in [2.45, 2.75) is 26.3 Å². The van der Waals surface area contributed by atoms with Crippen LogP contribution in [-0.4, -0.2) is 22.5 Å². The molecule has 0 aliphatic carbocycles. The van der Waals surface area contributed by atoms with Gasteiger partial charge in [0.25, 0.3) is 5.91 Å². The Morgan fingerprint density at radius 2 is 2.00 bits per heavy atom. The van der Waals surface area contributed by atoms with E-state index in [1.807, 2.05) is 20.8 Å². The maximum Gasteiger partial charge on any atom is 0.335 e. The molecule has 0 heterocycles. The average Bonchev–Trinajstić information content (AvgIpc) is 2.37. The van der Waals surface area contributed by atoms with Crippen molar-refractivity contribution < 1.29 is 14.7 Å². The van der Waals surface area contributed by atoms with E-state index in [0.717, 1.165) is 0 Å². The minimum atomic E-state index is -1.05. The van der Waals surface area contributed by atoms with E-state index in [-0.39, 0.29) is 11.1 Å². The Balaban J connectivity index is 2.87. The van der Waals surface area contributed by atoms with Crippen molar-refractivity contribution >= 4 is 17.6 Å². The fourth-order valence-corrected chi connectivity index (χ4v) is 1.45. The maximum absolute atomic E-state index is 11.9. The van der Waals surface area contributed by atoms with Gasteiger partial charge in [-0.1, -0.05) is 6.07 Å². The van der Waals surface area contributed by atoms with Crippen molar-refractivity contribution in [3.8, 4) is 6.07 Å². The summed E-state index contributed by atoms with van der Waals surface area (Å²) in [5.41, 5.74) is 0.0545. The van der Waals surface area contributed by atoms with Gasteiger partial charge in [-0.3, -0.25) is 4.79 Å². The van der Waals surface area contributed by atoms with E-state index in [1.54, 1.807) is 18.2 Å². The Morgan fingerprint density at radius 1 is 1.33 bits per heavy atom. The summed E-state index contributed by atoms with van der Waals surface area (Å²) in [5, 5.41) is 23.3. The number of carboxylic acid groups (broad SMARTS) is 1. The van der Waals surface area contributed by atoms with Crippen LogP contribution < -0.4 is 10.6 Å². The molecule has 1 aromatic carbocycles. The lowest BCUT2D eigenvalue weighted by atomic mass is 10.1. The van der Waals surface area contributed by atoms with Gasteiger partial charge in [-0.05, 0) is 39.0 Å². The predicted molar refractivity (Wildman–Crippen MR) is 78.6 cm³/mol. The molecule has 0 spiro atoms. The Bertz CT molecular complexity index is 622. The van der Waals surface area contributed by atoms with Gasteiger partial charge in [0.1, 0.15) is 11.6 Å².